The maximum Gasteiger partial charge on any atom is 0.146 e. The van der Waals surface area contributed by atoms with E-state index in [1.165, 1.54) is 18.9 Å². The zero-order valence-corrected chi connectivity index (χ0v) is 8.62. The molecule has 1 saturated carbocycles. The van der Waals surface area contributed by atoms with E-state index in [0.717, 1.165) is 12.8 Å². The van der Waals surface area contributed by atoms with Gasteiger partial charge in [0.15, 0.2) is 0 Å². The van der Waals surface area contributed by atoms with Gasteiger partial charge in [-0.05, 0) is 30.9 Å². The van der Waals surface area contributed by atoms with Crippen LogP contribution >= 0.6 is 0 Å². The van der Waals surface area contributed by atoms with Crippen LogP contribution in [0.5, 0.6) is 0 Å². The predicted octanol–water partition coefficient (Wildman–Crippen LogP) is 1.92. The zero-order valence-electron chi connectivity index (χ0n) is 8.62. The van der Waals surface area contributed by atoms with Crippen molar-refractivity contribution in [3.05, 3.63) is 29.8 Å². The molecule has 1 fully saturated rings. The number of aromatic nitrogens is 1. The third kappa shape index (κ3) is 2.16. The Morgan fingerprint density at radius 1 is 1.47 bits per heavy atom. The minimum absolute atomic E-state index is 0.145. The number of nitrogens with zero attached hydrogens (tertiary/aromatic N) is 1. The van der Waals surface area contributed by atoms with Crippen molar-refractivity contribution in [2.75, 3.05) is 0 Å². The predicted molar refractivity (Wildman–Crippen MR) is 56.2 cm³/mol. The number of nitrogens with one attached hydrogen (secondary N) is 1. The smallest absolute Gasteiger partial charge is 0.146 e. The Labute approximate surface area is 88.9 Å². The lowest BCUT2D eigenvalue weighted by molar-refractivity contribution is 0.354. The van der Waals surface area contributed by atoms with E-state index in [9.17, 15) is 4.39 Å². The Hall–Kier alpha value is -1.00. The van der Waals surface area contributed by atoms with Gasteiger partial charge in [0.25, 0.3) is 0 Å². The van der Waals surface area contributed by atoms with E-state index in [1.807, 2.05) is 0 Å². The van der Waals surface area contributed by atoms with E-state index >= 15 is 0 Å². The Balaban J connectivity index is 2.22. The highest BCUT2D eigenvalue weighted by Gasteiger charge is 2.28. The van der Waals surface area contributed by atoms with Crippen LogP contribution in [-0.4, -0.2) is 4.98 Å². The molecule has 0 spiro atoms. The maximum atomic E-state index is 13.5. The fourth-order valence-electron chi connectivity index (χ4n) is 2.36. The van der Waals surface area contributed by atoms with Crippen LogP contribution in [0.15, 0.2) is 18.3 Å². The topological polar surface area (TPSA) is 50.9 Å². The van der Waals surface area contributed by atoms with Crippen molar-refractivity contribution in [3.63, 3.8) is 0 Å². The average molecular weight is 209 g/mol. The largest absolute Gasteiger partial charge is 0.271 e. The molecule has 0 aliphatic heterocycles. The summed E-state index contributed by atoms with van der Waals surface area (Å²) in [6.45, 7) is 0. The van der Waals surface area contributed by atoms with Crippen LogP contribution in [0.2, 0.25) is 0 Å². The SMILES string of the molecule is NNC(c1ncccc1F)C1CCCC1. The van der Waals surface area contributed by atoms with E-state index in [4.69, 9.17) is 5.84 Å². The first kappa shape index (κ1) is 10.5. The van der Waals surface area contributed by atoms with E-state index in [1.54, 1.807) is 12.3 Å². The lowest BCUT2D eigenvalue weighted by Gasteiger charge is -2.22. The summed E-state index contributed by atoms with van der Waals surface area (Å²) in [7, 11) is 0. The molecule has 4 heteroatoms. The molecule has 0 amide bonds. The summed E-state index contributed by atoms with van der Waals surface area (Å²) in [5, 5.41) is 0. The Morgan fingerprint density at radius 2 is 2.20 bits per heavy atom. The molecular weight excluding hydrogens is 193 g/mol. The fraction of sp³-hybridized carbons (Fsp3) is 0.545. The molecule has 82 valence electrons. The number of hydrogen-bond donors (Lipinski definition) is 2. The monoisotopic (exact) mass is 209 g/mol. The quantitative estimate of drug-likeness (QED) is 0.590. The van der Waals surface area contributed by atoms with Crippen LogP contribution < -0.4 is 11.3 Å². The van der Waals surface area contributed by atoms with E-state index < -0.39 is 0 Å². The Kier molecular flexibility index (Phi) is 3.28. The molecule has 1 atom stereocenters. The molecule has 2 rings (SSSR count). The second kappa shape index (κ2) is 4.68. The number of hydrogen-bond acceptors (Lipinski definition) is 3. The van der Waals surface area contributed by atoms with Crippen LogP contribution in [0.25, 0.3) is 0 Å². The summed E-state index contributed by atoms with van der Waals surface area (Å²) < 4.78 is 13.5. The number of pyridine rings is 1. The minimum Gasteiger partial charge on any atom is -0.271 e. The average Bonchev–Trinajstić information content (AvgIpc) is 2.75. The van der Waals surface area contributed by atoms with Crippen LogP contribution in [0.3, 0.4) is 0 Å². The third-order valence-corrected chi connectivity index (χ3v) is 3.13. The first-order chi connectivity index (χ1) is 7.33. The summed E-state index contributed by atoms with van der Waals surface area (Å²) in [5.41, 5.74) is 3.15. The van der Waals surface area contributed by atoms with Crippen LogP contribution in [-0.2, 0) is 0 Å². The highest BCUT2D eigenvalue weighted by molar-refractivity contribution is 5.12. The minimum atomic E-state index is -0.271. The number of halogens is 1. The van der Waals surface area contributed by atoms with Crippen molar-refractivity contribution in [3.8, 4) is 0 Å². The Morgan fingerprint density at radius 3 is 2.80 bits per heavy atom. The molecule has 1 aliphatic rings. The van der Waals surface area contributed by atoms with Gasteiger partial charge >= 0.3 is 0 Å². The van der Waals surface area contributed by atoms with Crippen molar-refractivity contribution < 1.29 is 4.39 Å². The number of rotatable bonds is 3. The molecule has 1 aromatic rings. The van der Waals surface area contributed by atoms with Gasteiger partial charge < -0.3 is 0 Å². The number of nitrogens with two attached hydrogens (primary N) is 1. The molecule has 0 radical (unpaired) electrons. The maximum absolute atomic E-state index is 13.5. The highest BCUT2D eigenvalue weighted by Crippen LogP contribution is 2.35. The molecule has 15 heavy (non-hydrogen) atoms. The van der Waals surface area contributed by atoms with Crippen molar-refractivity contribution in [1.29, 1.82) is 0 Å². The summed E-state index contributed by atoms with van der Waals surface area (Å²) in [6.07, 6.45) is 6.22. The first-order valence-corrected chi connectivity index (χ1v) is 5.39. The number of hydrazine groups is 1. The van der Waals surface area contributed by atoms with Crippen LogP contribution in [0.4, 0.5) is 4.39 Å². The van der Waals surface area contributed by atoms with Crippen molar-refractivity contribution >= 4 is 0 Å². The zero-order chi connectivity index (χ0) is 10.7. The summed E-state index contributed by atoms with van der Waals surface area (Å²) in [5.74, 6) is 5.64. The van der Waals surface area contributed by atoms with Crippen molar-refractivity contribution in [1.82, 2.24) is 10.4 Å². The lowest BCUT2D eigenvalue weighted by atomic mass is 9.95. The fourth-order valence-corrected chi connectivity index (χ4v) is 2.36. The van der Waals surface area contributed by atoms with Gasteiger partial charge in [-0.25, -0.2) is 4.39 Å². The molecular formula is C11H16FN3. The lowest BCUT2D eigenvalue weighted by Crippen LogP contribution is -2.34. The van der Waals surface area contributed by atoms with Crippen LogP contribution in [0, 0.1) is 11.7 Å². The molecule has 0 aromatic carbocycles. The standard InChI is InChI=1S/C11H16FN3/c12-9-6-3-7-14-11(9)10(15-13)8-4-1-2-5-8/h3,6-8,10,15H,1-2,4-5,13H2. The summed E-state index contributed by atoms with van der Waals surface area (Å²) in [6, 6.07) is 2.89. The third-order valence-electron chi connectivity index (χ3n) is 3.13. The molecule has 3 nitrogen and oxygen atoms in total. The van der Waals surface area contributed by atoms with Crippen molar-refractivity contribution in [2.24, 2.45) is 11.8 Å². The summed E-state index contributed by atoms with van der Waals surface area (Å²) in [4.78, 5) is 4.08. The second-order valence-corrected chi connectivity index (χ2v) is 4.06. The van der Waals surface area contributed by atoms with Crippen LogP contribution in [0.1, 0.15) is 37.4 Å². The van der Waals surface area contributed by atoms with Gasteiger partial charge in [-0.2, -0.15) is 0 Å². The van der Waals surface area contributed by atoms with Gasteiger partial charge in [0, 0.05) is 6.20 Å². The molecule has 1 heterocycles. The molecule has 1 aliphatic carbocycles. The van der Waals surface area contributed by atoms with Gasteiger partial charge in [0.2, 0.25) is 0 Å². The van der Waals surface area contributed by atoms with Gasteiger partial charge in [-0.3, -0.25) is 16.3 Å². The molecule has 1 unspecified atom stereocenters. The molecule has 3 N–H and O–H groups in total. The van der Waals surface area contributed by atoms with Gasteiger partial charge in [0.05, 0.1) is 11.7 Å². The van der Waals surface area contributed by atoms with E-state index in [0.29, 0.717) is 11.6 Å². The molecule has 1 aromatic heterocycles. The molecule has 0 bridgehead atoms. The molecule has 0 saturated heterocycles. The second-order valence-electron chi connectivity index (χ2n) is 4.06. The van der Waals surface area contributed by atoms with E-state index in [2.05, 4.69) is 10.4 Å². The highest BCUT2D eigenvalue weighted by atomic mass is 19.1. The van der Waals surface area contributed by atoms with Gasteiger partial charge in [-0.1, -0.05) is 12.8 Å². The Bertz CT molecular complexity index is 323. The van der Waals surface area contributed by atoms with E-state index in [-0.39, 0.29) is 11.9 Å². The van der Waals surface area contributed by atoms with Gasteiger partial charge in [0.1, 0.15) is 5.82 Å². The first-order valence-electron chi connectivity index (χ1n) is 5.39. The van der Waals surface area contributed by atoms with Gasteiger partial charge in [-0.15, -0.1) is 0 Å². The summed E-state index contributed by atoms with van der Waals surface area (Å²) >= 11 is 0. The normalized spacial score (nSPS) is 19.3. The van der Waals surface area contributed by atoms with Crippen molar-refractivity contribution in [2.45, 2.75) is 31.7 Å².